The molecule has 1 amide bonds. The first-order chi connectivity index (χ1) is 22.9. The summed E-state index contributed by atoms with van der Waals surface area (Å²) in [6.07, 6.45) is -2.08. The van der Waals surface area contributed by atoms with Gasteiger partial charge in [0.15, 0.2) is 15.6 Å². The number of halogens is 4. The van der Waals surface area contributed by atoms with Crippen LogP contribution in [0, 0.1) is 24.2 Å². The minimum Gasteiger partial charge on any atom is -0.424 e. The molecule has 1 aliphatic heterocycles. The SMILES string of the molecule is [C-]#[N+]COc1cc(C(=O)NC)c(F)cc1NCC#Cc1sc2c(NC3CCC(N4CCS(=O)(=O)CC4)CC3)cccc2c1CC(F)(F)F. The first kappa shape index (κ1) is 35.3. The van der Waals surface area contributed by atoms with Crippen LogP contribution in [0.15, 0.2) is 30.3 Å². The number of rotatable bonds is 9. The van der Waals surface area contributed by atoms with Gasteiger partial charge in [0.25, 0.3) is 5.91 Å². The third-order valence-electron chi connectivity index (χ3n) is 8.54. The van der Waals surface area contributed by atoms with Crippen molar-refractivity contribution in [3.05, 3.63) is 63.6 Å². The second kappa shape index (κ2) is 15.0. The summed E-state index contributed by atoms with van der Waals surface area (Å²) in [4.78, 5) is 17.7. The van der Waals surface area contributed by atoms with E-state index in [1.54, 1.807) is 12.1 Å². The number of carbonyl (C=O) groups is 1. The Bertz CT molecular complexity index is 1860. The lowest BCUT2D eigenvalue weighted by Crippen LogP contribution is -2.48. The molecule has 1 saturated carbocycles. The van der Waals surface area contributed by atoms with E-state index in [4.69, 9.17) is 11.3 Å². The Kier molecular flexibility index (Phi) is 11.0. The molecule has 0 atom stereocenters. The number of sulfone groups is 1. The Morgan fingerprint density at radius 2 is 1.88 bits per heavy atom. The maximum absolute atomic E-state index is 14.6. The van der Waals surface area contributed by atoms with E-state index >= 15 is 0 Å². The van der Waals surface area contributed by atoms with Gasteiger partial charge in [-0.15, -0.1) is 11.3 Å². The average molecular weight is 706 g/mol. The number of ether oxygens (including phenoxy) is 1. The van der Waals surface area contributed by atoms with E-state index in [1.807, 2.05) is 6.07 Å². The molecule has 0 bridgehead atoms. The van der Waals surface area contributed by atoms with Crippen LogP contribution in [0.1, 0.15) is 46.5 Å². The second-order valence-electron chi connectivity index (χ2n) is 11.7. The normalized spacial score (nSPS) is 19.5. The van der Waals surface area contributed by atoms with E-state index in [0.29, 0.717) is 29.2 Å². The molecule has 2 fully saturated rings. The van der Waals surface area contributed by atoms with Crippen LogP contribution in [0.2, 0.25) is 0 Å². The Labute approximate surface area is 280 Å². The number of anilines is 2. The van der Waals surface area contributed by atoms with Gasteiger partial charge >= 0.3 is 12.9 Å². The molecular formula is C33H35F4N5O4S2. The van der Waals surface area contributed by atoms with Crippen LogP contribution < -0.4 is 20.7 Å². The molecule has 9 nitrogen and oxygen atoms in total. The van der Waals surface area contributed by atoms with Crippen LogP contribution in [0.25, 0.3) is 14.9 Å². The summed E-state index contributed by atoms with van der Waals surface area (Å²) in [7, 11) is -1.60. The molecule has 15 heteroatoms. The number of carbonyl (C=O) groups excluding carboxylic acids is 1. The number of hydrogen-bond donors (Lipinski definition) is 3. The summed E-state index contributed by atoms with van der Waals surface area (Å²) in [5, 5.41) is 9.24. The first-order valence-electron chi connectivity index (χ1n) is 15.4. The fraction of sp³-hybridized carbons (Fsp3) is 0.455. The zero-order valence-corrected chi connectivity index (χ0v) is 27.8. The van der Waals surface area contributed by atoms with Crippen LogP contribution >= 0.6 is 11.3 Å². The Hall–Kier alpha value is -4.05. The van der Waals surface area contributed by atoms with Gasteiger partial charge in [0.1, 0.15) is 5.82 Å². The van der Waals surface area contributed by atoms with Crippen molar-refractivity contribution in [3.8, 4) is 17.6 Å². The predicted molar refractivity (Wildman–Crippen MR) is 179 cm³/mol. The summed E-state index contributed by atoms with van der Waals surface area (Å²) in [5.74, 6) is 4.64. The lowest BCUT2D eigenvalue weighted by Gasteiger charge is -2.39. The molecule has 5 rings (SSSR count). The van der Waals surface area contributed by atoms with Crippen molar-refractivity contribution < 1.29 is 35.5 Å². The zero-order valence-electron chi connectivity index (χ0n) is 26.2. The number of amides is 1. The Morgan fingerprint density at radius 1 is 1.15 bits per heavy atom. The fourth-order valence-corrected chi connectivity index (χ4v) is 8.54. The number of alkyl halides is 3. The van der Waals surface area contributed by atoms with Crippen LogP contribution in [-0.2, 0) is 16.3 Å². The van der Waals surface area contributed by atoms with Gasteiger partial charge in [-0.3, -0.25) is 14.5 Å². The van der Waals surface area contributed by atoms with Gasteiger partial charge in [-0.05, 0) is 48.8 Å². The van der Waals surface area contributed by atoms with E-state index in [0.717, 1.165) is 37.4 Å². The summed E-state index contributed by atoms with van der Waals surface area (Å²) in [6, 6.07) is 7.93. The molecule has 3 aromatic rings. The monoisotopic (exact) mass is 705 g/mol. The highest BCUT2D eigenvalue weighted by atomic mass is 32.2. The van der Waals surface area contributed by atoms with Crippen molar-refractivity contribution in [1.82, 2.24) is 10.2 Å². The van der Waals surface area contributed by atoms with Gasteiger partial charge < -0.3 is 20.7 Å². The lowest BCUT2D eigenvalue weighted by atomic mass is 9.90. The standard InChI is InChI=1S/C33H35F4N5O4S2/c1-38-20-46-29-17-24(32(43)39-2)26(34)18-28(29)40-12-4-7-30-25(19-33(35,36)37)23-5-3-6-27(31(23)47-30)41-21-8-10-22(11-9-21)42-13-15-48(44,45)16-14-42/h3,5-6,17-18,21-22,40-41H,8-16,19-20H2,2H3,(H,39,43). The van der Waals surface area contributed by atoms with Gasteiger partial charge in [-0.2, -0.15) is 13.2 Å². The van der Waals surface area contributed by atoms with Gasteiger partial charge in [-0.25, -0.2) is 19.4 Å². The molecule has 0 spiro atoms. The summed E-state index contributed by atoms with van der Waals surface area (Å²) >= 11 is 1.18. The molecule has 2 heterocycles. The van der Waals surface area contributed by atoms with Crippen LogP contribution in [0.5, 0.6) is 5.75 Å². The van der Waals surface area contributed by atoms with E-state index < -0.39 is 34.2 Å². The van der Waals surface area contributed by atoms with E-state index in [2.05, 4.69) is 37.5 Å². The minimum atomic E-state index is -4.46. The van der Waals surface area contributed by atoms with Crippen molar-refractivity contribution in [3.63, 3.8) is 0 Å². The van der Waals surface area contributed by atoms with Crippen molar-refractivity contribution in [1.29, 1.82) is 0 Å². The number of nitrogens with one attached hydrogen (secondary N) is 3. The number of fused-ring (bicyclic) bond motifs is 1. The average Bonchev–Trinajstić information content (AvgIpc) is 3.39. The molecule has 0 radical (unpaired) electrons. The highest BCUT2D eigenvalue weighted by Crippen LogP contribution is 2.40. The highest BCUT2D eigenvalue weighted by Gasteiger charge is 2.32. The molecule has 2 aliphatic rings. The maximum Gasteiger partial charge on any atom is 0.393 e. The molecule has 3 N–H and O–H groups in total. The third-order valence-corrected chi connectivity index (χ3v) is 11.3. The number of benzene rings is 2. The predicted octanol–water partition coefficient (Wildman–Crippen LogP) is 5.68. The molecule has 1 aromatic heterocycles. The number of thiophene rings is 1. The quantitative estimate of drug-likeness (QED) is 0.150. The maximum atomic E-state index is 14.6. The van der Waals surface area contributed by atoms with Gasteiger partial charge in [0.2, 0.25) is 0 Å². The van der Waals surface area contributed by atoms with Crippen molar-refractivity contribution in [2.75, 3.05) is 55.6 Å². The van der Waals surface area contributed by atoms with Gasteiger partial charge in [0.05, 0.1) is 51.0 Å². The summed E-state index contributed by atoms with van der Waals surface area (Å²) in [6.45, 7) is 7.64. The van der Waals surface area contributed by atoms with Crippen molar-refractivity contribution >= 4 is 48.5 Å². The lowest BCUT2D eigenvalue weighted by molar-refractivity contribution is -0.126. The van der Waals surface area contributed by atoms with E-state index in [9.17, 15) is 30.8 Å². The fourth-order valence-electron chi connectivity index (χ4n) is 6.14. The van der Waals surface area contributed by atoms with Crippen molar-refractivity contribution in [2.45, 2.75) is 50.4 Å². The highest BCUT2D eigenvalue weighted by molar-refractivity contribution is 7.91. The first-order valence-corrected chi connectivity index (χ1v) is 18.1. The second-order valence-corrected chi connectivity index (χ2v) is 15.0. The molecule has 1 aliphatic carbocycles. The van der Waals surface area contributed by atoms with E-state index in [-0.39, 0.29) is 58.3 Å². The zero-order chi connectivity index (χ0) is 34.5. The molecule has 0 unspecified atom stereocenters. The van der Waals surface area contributed by atoms with Crippen LogP contribution in [-0.4, -0.2) is 82.4 Å². The topological polar surface area (TPSA) is 104 Å². The summed E-state index contributed by atoms with van der Waals surface area (Å²) in [5.41, 5.74) is 0.696. The van der Waals surface area contributed by atoms with Gasteiger partial charge in [-0.1, -0.05) is 24.0 Å². The Balaban J connectivity index is 1.32. The van der Waals surface area contributed by atoms with Crippen molar-refractivity contribution in [2.24, 2.45) is 0 Å². The molecule has 1 saturated heterocycles. The van der Waals surface area contributed by atoms with Crippen LogP contribution in [0.4, 0.5) is 28.9 Å². The molecule has 256 valence electrons. The third kappa shape index (κ3) is 8.69. The van der Waals surface area contributed by atoms with Gasteiger partial charge in [0, 0.05) is 38.3 Å². The number of hydrogen-bond acceptors (Lipinski definition) is 8. The van der Waals surface area contributed by atoms with Crippen LogP contribution in [0.3, 0.4) is 0 Å². The number of nitrogens with zero attached hydrogens (tertiary/aromatic N) is 2. The molecular weight excluding hydrogens is 671 g/mol. The summed E-state index contributed by atoms with van der Waals surface area (Å²) < 4.78 is 85.5. The van der Waals surface area contributed by atoms with E-state index in [1.165, 1.54) is 24.5 Å². The molecule has 48 heavy (non-hydrogen) atoms. The Morgan fingerprint density at radius 3 is 2.54 bits per heavy atom. The molecule has 2 aromatic carbocycles. The smallest absolute Gasteiger partial charge is 0.393 e. The largest absolute Gasteiger partial charge is 0.424 e. The minimum absolute atomic E-state index is 0.0565.